The van der Waals surface area contributed by atoms with Crippen LogP contribution in [-0.2, 0) is 0 Å². The maximum atomic E-state index is 5.61. The number of anilines is 2. The van der Waals surface area contributed by atoms with Crippen molar-refractivity contribution in [3.8, 4) is 22.5 Å². The topological polar surface area (TPSA) is 129 Å². The minimum absolute atomic E-state index is 0.501. The number of nitrogens with zero attached hydrogens (tertiary/aromatic N) is 6. The van der Waals surface area contributed by atoms with Crippen LogP contribution >= 0.6 is 22.6 Å². The van der Waals surface area contributed by atoms with Gasteiger partial charge in [0.1, 0.15) is 24.3 Å². The summed E-state index contributed by atoms with van der Waals surface area (Å²) in [6, 6.07) is 9.16. The van der Waals surface area contributed by atoms with Crippen LogP contribution in [0.2, 0.25) is 0 Å². The van der Waals surface area contributed by atoms with E-state index in [1.807, 2.05) is 18.2 Å². The molecule has 134 valence electrons. The molecule has 4 N–H and O–H groups in total. The fourth-order valence-corrected chi connectivity index (χ4v) is 2.74. The Morgan fingerprint density at radius 2 is 1.26 bits per heavy atom. The Hall–Kier alpha value is -3.21. The van der Waals surface area contributed by atoms with Gasteiger partial charge in [0.05, 0.1) is 11.4 Å². The normalized spacial score (nSPS) is 9.96. The Morgan fingerprint density at radius 1 is 0.667 bits per heavy atom. The van der Waals surface area contributed by atoms with E-state index in [9.17, 15) is 0 Å². The average molecular weight is 470 g/mol. The minimum Gasteiger partial charge on any atom is -0.384 e. The maximum absolute atomic E-state index is 5.61. The molecular formula is C18H15IN8. The summed E-state index contributed by atoms with van der Waals surface area (Å²) in [6.07, 6.45) is 9.82. The Balaban J connectivity index is 0.000000156. The first-order valence-electron chi connectivity index (χ1n) is 7.79. The monoisotopic (exact) mass is 470 g/mol. The lowest BCUT2D eigenvalue weighted by Gasteiger charge is -2.03. The van der Waals surface area contributed by atoms with Crippen LogP contribution in [0.25, 0.3) is 22.5 Å². The van der Waals surface area contributed by atoms with Gasteiger partial charge in [-0.2, -0.15) is 0 Å². The third kappa shape index (κ3) is 5.14. The molecule has 0 radical (unpaired) electrons. The van der Waals surface area contributed by atoms with Gasteiger partial charge < -0.3 is 11.5 Å². The summed E-state index contributed by atoms with van der Waals surface area (Å²) in [4.78, 5) is 24.0. The zero-order valence-electron chi connectivity index (χ0n) is 14.1. The zero-order chi connectivity index (χ0) is 19.1. The first kappa shape index (κ1) is 18.6. The second-order valence-corrected chi connectivity index (χ2v) is 6.43. The van der Waals surface area contributed by atoms with Crippen molar-refractivity contribution < 1.29 is 0 Å². The highest BCUT2D eigenvalue weighted by Gasteiger charge is 2.05. The third-order valence-corrected chi connectivity index (χ3v) is 4.20. The van der Waals surface area contributed by atoms with E-state index in [0.29, 0.717) is 11.6 Å². The number of pyridine rings is 2. The predicted molar refractivity (Wildman–Crippen MR) is 112 cm³/mol. The predicted octanol–water partition coefficient (Wildman–Crippen LogP) is 2.85. The van der Waals surface area contributed by atoms with Crippen molar-refractivity contribution in [1.29, 1.82) is 0 Å². The molecule has 0 saturated carbocycles. The standard InChI is InChI=1S/C9H7IN4.C9H8N4/c10-7-1-2-8(11)14-9(7)6-3-12-5-13-4-6;10-9-3-1-2-8(13-9)7-4-11-6-12-5-7/h1-5H,(H2,11,14);1-6H,(H2,10,13). The number of aromatic nitrogens is 6. The first-order chi connectivity index (χ1) is 13.1. The van der Waals surface area contributed by atoms with Crippen molar-refractivity contribution in [2.45, 2.75) is 0 Å². The molecular weight excluding hydrogens is 455 g/mol. The van der Waals surface area contributed by atoms with Crippen LogP contribution in [0.1, 0.15) is 0 Å². The van der Waals surface area contributed by atoms with Crippen molar-refractivity contribution in [3.05, 3.63) is 71.3 Å². The van der Waals surface area contributed by atoms with E-state index in [1.165, 1.54) is 12.7 Å². The molecule has 4 rings (SSSR count). The van der Waals surface area contributed by atoms with E-state index in [1.54, 1.807) is 36.9 Å². The van der Waals surface area contributed by atoms with Crippen LogP contribution < -0.4 is 11.5 Å². The van der Waals surface area contributed by atoms with E-state index >= 15 is 0 Å². The summed E-state index contributed by atoms with van der Waals surface area (Å²) < 4.78 is 1.03. The zero-order valence-corrected chi connectivity index (χ0v) is 16.2. The van der Waals surface area contributed by atoms with Gasteiger partial charge in [0.2, 0.25) is 0 Å². The average Bonchev–Trinajstić information content (AvgIpc) is 2.72. The SMILES string of the molecule is Nc1ccc(I)c(-c2cncnc2)n1.Nc1cccc(-c2cncnc2)n1. The van der Waals surface area contributed by atoms with E-state index in [2.05, 4.69) is 52.5 Å². The van der Waals surface area contributed by atoms with Gasteiger partial charge in [0, 0.05) is 39.5 Å². The van der Waals surface area contributed by atoms with Crippen LogP contribution in [0.5, 0.6) is 0 Å². The summed E-state index contributed by atoms with van der Waals surface area (Å²) in [7, 11) is 0. The van der Waals surface area contributed by atoms with Crippen LogP contribution in [0.15, 0.2) is 67.8 Å². The Bertz CT molecular complexity index is 1010. The lowest BCUT2D eigenvalue weighted by atomic mass is 10.2. The molecule has 0 aliphatic carbocycles. The second-order valence-electron chi connectivity index (χ2n) is 5.27. The van der Waals surface area contributed by atoms with Crippen LogP contribution in [-0.4, -0.2) is 29.9 Å². The highest BCUT2D eigenvalue weighted by Crippen LogP contribution is 2.22. The van der Waals surface area contributed by atoms with Gasteiger partial charge in [0.25, 0.3) is 0 Å². The van der Waals surface area contributed by atoms with Crippen LogP contribution in [0, 0.1) is 3.57 Å². The number of rotatable bonds is 2. The minimum atomic E-state index is 0.501. The molecule has 0 saturated heterocycles. The van der Waals surface area contributed by atoms with Gasteiger partial charge in [-0.15, -0.1) is 0 Å². The number of nitrogen functional groups attached to an aromatic ring is 2. The molecule has 27 heavy (non-hydrogen) atoms. The van der Waals surface area contributed by atoms with Crippen molar-refractivity contribution in [1.82, 2.24) is 29.9 Å². The highest BCUT2D eigenvalue weighted by molar-refractivity contribution is 14.1. The van der Waals surface area contributed by atoms with Crippen molar-refractivity contribution >= 4 is 34.2 Å². The van der Waals surface area contributed by atoms with E-state index in [0.717, 1.165) is 26.1 Å². The molecule has 0 unspecified atom stereocenters. The summed E-state index contributed by atoms with van der Waals surface area (Å²) in [5.41, 5.74) is 14.5. The van der Waals surface area contributed by atoms with Crippen molar-refractivity contribution in [2.75, 3.05) is 11.5 Å². The Morgan fingerprint density at radius 3 is 1.89 bits per heavy atom. The number of hydrogen-bond acceptors (Lipinski definition) is 8. The van der Waals surface area contributed by atoms with Gasteiger partial charge >= 0.3 is 0 Å². The molecule has 4 aromatic heterocycles. The first-order valence-corrected chi connectivity index (χ1v) is 8.86. The largest absolute Gasteiger partial charge is 0.384 e. The van der Waals surface area contributed by atoms with Gasteiger partial charge in [-0.25, -0.2) is 29.9 Å². The van der Waals surface area contributed by atoms with Gasteiger partial charge in [-0.05, 0) is 46.9 Å². The van der Waals surface area contributed by atoms with Crippen LogP contribution in [0.4, 0.5) is 11.6 Å². The molecule has 0 amide bonds. The smallest absolute Gasteiger partial charge is 0.124 e. The summed E-state index contributed by atoms with van der Waals surface area (Å²) >= 11 is 2.21. The molecule has 0 spiro atoms. The van der Waals surface area contributed by atoms with Gasteiger partial charge in [-0.3, -0.25) is 0 Å². The fraction of sp³-hybridized carbons (Fsp3) is 0. The molecule has 8 nitrogen and oxygen atoms in total. The Labute approximate surface area is 169 Å². The van der Waals surface area contributed by atoms with Crippen LogP contribution in [0.3, 0.4) is 0 Å². The van der Waals surface area contributed by atoms with Gasteiger partial charge in [-0.1, -0.05) is 6.07 Å². The number of hydrogen-bond donors (Lipinski definition) is 2. The summed E-state index contributed by atoms with van der Waals surface area (Å²) in [5, 5.41) is 0. The fourth-order valence-electron chi connectivity index (χ4n) is 2.12. The summed E-state index contributed by atoms with van der Waals surface area (Å²) in [5.74, 6) is 1.01. The van der Waals surface area contributed by atoms with Gasteiger partial charge in [0.15, 0.2) is 0 Å². The molecule has 0 atom stereocenters. The highest BCUT2D eigenvalue weighted by atomic mass is 127. The lowest BCUT2D eigenvalue weighted by molar-refractivity contribution is 1.16. The third-order valence-electron chi connectivity index (χ3n) is 3.33. The molecule has 0 aliphatic rings. The molecule has 0 aromatic carbocycles. The summed E-state index contributed by atoms with van der Waals surface area (Å²) in [6.45, 7) is 0. The van der Waals surface area contributed by atoms with E-state index in [-0.39, 0.29) is 0 Å². The van der Waals surface area contributed by atoms with Crippen molar-refractivity contribution in [2.24, 2.45) is 0 Å². The van der Waals surface area contributed by atoms with E-state index < -0.39 is 0 Å². The lowest BCUT2D eigenvalue weighted by Crippen LogP contribution is -1.95. The quantitative estimate of drug-likeness (QED) is 0.428. The maximum Gasteiger partial charge on any atom is 0.124 e. The second kappa shape index (κ2) is 8.94. The molecule has 0 fully saturated rings. The molecule has 0 bridgehead atoms. The molecule has 0 aliphatic heterocycles. The Kier molecular flexibility index (Phi) is 6.15. The van der Waals surface area contributed by atoms with Crippen molar-refractivity contribution in [3.63, 3.8) is 0 Å². The number of halogens is 1. The van der Waals surface area contributed by atoms with E-state index in [4.69, 9.17) is 11.5 Å². The molecule has 4 aromatic rings. The molecule has 4 heterocycles. The number of nitrogens with two attached hydrogens (primary N) is 2. The molecule has 9 heteroatoms.